The lowest BCUT2D eigenvalue weighted by molar-refractivity contribution is -0.155. The Hall–Kier alpha value is -1.61. The first-order valence-corrected chi connectivity index (χ1v) is 13.1. The van der Waals surface area contributed by atoms with Gasteiger partial charge in [-0.3, -0.25) is 9.59 Å². The zero-order valence-corrected chi connectivity index (χ0v) is 22.1. The van der Waals surface area contributed by atoms with E-state index in [9.17, 15) is 24.9 Å². The molecule has 0 saturated carbocycles. The zero-order chi connectivity index (χ0) is 25.6. The first-order chi connectivity index (χ1) is 15.8. The maximum Gasteiger partial charge on any atom is 0.309 e. The van der Waals surface area contributed by atoms with E-state index >= 15 is 0 Å². The molecule has 3 N–H and O–H groups in total. The Morgan fingerprint density at radius 2 is 1.82 bits per heavy atom. The van der Waals surface area contributed by atoms with Crippen LogP contribution in [0.2, 0.25) is 0 Å². The standard InChI is InChI=1S/C26H41NO6S/c1-15-9-7-8-10-20(28)12-21(16(2)11-19-14-34-18(4)27-19)33-23(30)13-22(29)26(5,6)25(32)17(3)24(15)31/h11,14-15,17,20-22,24,28-29,31H,7-10,12-13H2,1-6H3/b16-11+/t15-,17+,20-,21-,22-,24-/m0/s1. The first-order valence-electron chi connectivity index (χ1n) is 12.2. The third-order valence-electron chi connectivity index (χ3n) is 7.06. The third-order valence-corrected chi connectivity index (χ3v) is 7.86. The van der Waals surface area contributed by atoms with E-state index in [1.54, 1.807) is 20.8 Å². The second-order valence-corrected chi connectivity index (χ2v) is 11.5. The quantitative estimate of drug-likeness (QED) is 0.530. The second-order valence-electron chi connectivity index (χ2n) is 10.4. The number of aliphatic hydroxyl groups excluding tert-OH is 3. The molecule has 0 bridgehead atoms. The number of esters is 1. The van der Waals surface area contributed by atoms with E-state index < -0.39 is 41.7 Å². The van der Waals surface area contributed by atoms with Crippen LogP contribution in [0.1, 0.15) is 83.8 Å². The van der Waals surface area contributed by atoms with Gasteiger partial charge in [-0.05, 0) is 44.3 Å². The van der Waals surface area contributed by atoms with E-state index in [2.05, 4.69) is 4.98 Å². The highest BCUT2D eigenvalue weighted by molar-refractivity contribution is 7.09. The summed E-state index contributed by atoms with van der Waals surface area (Å²) < 4.78 is 5.71. The van der Waals surface area contributed by atoms with Crippen molar-refractivity contribution in [2.24, 2.45) is 17.3 Å². The fourth-order valence-electron chi connectivity index (χ4n) is 4.50. The van der Waals surface area contributed by atoms with Gasteiger partial charge in [-0.25, -0.2) is 4.98 Å². The molecule has 1 aromatic rings. The van der Waals surface area contributed by atoms with E-state index in [0.29, 0.717) is 6.42 Å². The van der Waals surface area contributed by atoms with Gasteiger partial charge in [-0.2, -0.15) is 0 Å². The van der Waals surface area contributed by atoms with Gasteiger partial charge in [0.2, 0.25) is 0 Å². The van der Waals surface area contributed by atoms with Gasteiger partial charge in [0.25, 0.3) is 0 Å². The fraction of sp³-hybridized carbons (Fsp3) is 0.731. The Bertz CT molecular complexity index is 863. The highest BCUT2D eigenvalue weighted by Crippen LogP contribution is 2.32. The highest BCUT2D eigenvalue weighted by Gasteiger charge is 2.42. The third kappa shape index (κ3) is 7.70. The van der Waals surface area contributed by atoms with Crippen LogP contribution in [0.5, 0.6) is 0 Å². The van der Waals surface area contributed by atoms with E-state index in [4.69, 9.17) is 4.74 Å². The summed E-state index contributed by atoms with van der Waals surface area (Å²) in [4.78, 5) is 30.4. The summed E-state index contributed by atoms with van der Waals surface area (Å²) in [5.41, 5.74) is 0.300. The number of carbonyl (C=O) groups excluding carboxylic acids is 2. The van der Waals surface area contributed by atoms with Crippen LogP contribution in [-0.2, 0) is 14.3 Å². The zero-order valence-electron chi connectivity index (χ0n) is 21.3. The first kappa shape index (κ1) is 28.6. The second kappa shape index (κ2) is 12.4. The number of rotatable bonds is 2. The van der Waals surface area contributed by atoms with Crippen molar-refractivity contribution in [3.05, 3.63) is 21.7 Å². The molecule has 0 unspecified atom stereocenters. The van der Waals surface area contributed by atoms with E-state index in [1.807, 2.05) is 32.2 Å². The van der Waals surface area contributed by atoms with Gasteiger partial charge in [-0.1, -0.05) is 40.5 Å². The lowest BCUT2D eigenvalue weighted by atomic mass is 9.73. The summed E-state index contributed by atoms with van der Waals surface area (Å²) >= 11 is 1.53. The number of carbonyl (C=O) groups is 2. The molecule has 8 heteroatoms. The van der Waals surface area contributed by atoms with Crippen molar-refractivity contribution < 1.29 is 29.6 Å². The Labute approximate surface area is 207 Å². The summed E-state index contributed by atoms with van der Waals surface area (Å²) in [7, 11) is 0. The van der Waals surface area contributed by atoms with E-state index in [-0.39, 0.29) is 24.5 Å². The number of cyclic esters (lactones) is 1. The van der Waals surface area contributed by atoms with Crippen molar-refractivity contribution in [3.8, 4) is 0 Å². The number of aliphatic hydroxyl groups is 3. The molecule has 1 fully saturated rings. The molecular weight excluding hydrogens is 454 g/mol. The Kier molecular flexibility index (Phi) is 10.4. The number of thiazole rings is 1. The van der Waals surface area contributed by atoms with Crippen LogP contribution in [0.3, 0.4) is 0 Å². The molecule has 1 aliphatic rings. The highest BCUT2D eigenvalue weighted by atomic mass is 32.1. The normalized spacial score (nSPS) is 32.9. The number of aromatic nitrogens is 1. The van der Waals surface area contributed by atoms with Crippen LogP contribution >= 0.6 is 11.3 Å². The average Bonchev–Trinajstić information content (AvgIpc) is 3.17. The largest absolute Gasteiger partial charge is 0.458 e. The molecule has 0 aromatic carbocycles. The average molecular weight is 496 g/mol. The molecular formula is C26H41NO6S. The molecule has 192 valence electrons. The molecule has 1 saturated heterocycles. The van der Waals surface area contributed by atoms with Gasteiger partial charge < -0.3 is 20.1 Å². The number of hydrogen-bond donors (Lipinski definition) is 3. The number of Topliss-reactive ketones (excluding diaryl/α,β-unsaturated/α-hetero) is 1. The van der Waals surface area contributed by atoms with Crippen molar-refractivity contribution in [1.29, 1.82) is 0 Å². The van der Waals surface area contributed by atoms with Crippen molar-refractivity contribution in [1.82, 2.24) is 4.98 Å². The number of hydrogen-bond acceptors (Lipinski definition) is 8. The van der Waals surface area contributed by atoms with Gasteiger partial charge in [-0.15, -0.1) is 11.3 Å². The lowest BCUT2D eigenvalue weighted by Gasteiger charge is -2.34. The molecule has 0 radical (unpaired) electrons. The Balaban J connectivity index is 2.28. The van der Waals surface area contributed by atoms with Gasteiger partial charge in [0, 0.05) is 17.7 Å². The molecule has 2 heterocycles. The minimum Gasteiger partial charge on any atom is -0.458 e. The molecule has 1 aliphatic heterocycles. The summed E-state index contributed by atoms with van der Waals surface area (Å²) in [5, 5.41) is 35.0. The molecule has 6 atom stereocenters. The number of aryl methyl sites for hydroxylation is 1. The number of nitrogens with zero attached hydrogens (tertiary/aromatic N) is 1. The minimum atomic E-state index is -1.26. The predicted molar refractivity (Wildman–Crippen MR) is 133 cm³/mol. The monoisotopic (exact) mass is 495 g/mol. The molecule has 1 aromatic heterocycles. The summed E-state index contributed by atoms with van der Waals surface area (Å²) in [6, 6.07) is 0. The summed E-state index contributed by atoms with van der Waals surface area (Å²) in [6.07, 6.45) is 1.16. The van der Waals surface area contributed by atoms with Crippen LogP contribution in [0.4, 0.5) is 0 Å². The van der Waals surface area contributed by atoms with Gasteiger partial charge in [0.05, 0.1) is 40.8 Å². The van der Waals surface area contributed by atoms with Crippen molar-refractivity contribution in [2.75, 3.05) is 0 Å². The lowest BCUT2D eigenvalue weighted by Crippen LogP contribution is -2.45. The maximum absolute atomic E-state index is 13.1. The molecule has 0 aliphatic carbocycles. The molecule has 34 heavy (non-hydrogen) atoms. The molecule has 2 rings (SSSR count). The Morgan fingerprint density at radius 1 is 1.18 bits per heavy atom. The van der Waals surface area contributed by atoms with Crippen LogP contribution in [0.15, 0.2) is 11.0 Å². The maximum atomic E-state index is 13.1. The summed E-state index contributed by atoms with van der Waals surface area (Å²) in [6.45, 7) is 10.5. The smallest absolute Gasteiger partial charge is 0.309 e. The van der Waals surface area contributed by atoms with E-state index in [0.717, 1.165) is 35.5 Å². The minimum absolute atomic E-state index is 0.0959. The predicted octanol–water partition coefficient (Wildman–Crippen LogP) is 4.07. The number of ketones is 1. The SMILES string of the molecule is C/C(=C\c1csc(C)n1)[C@@H]1C[C@@H](O)CCCC[C@H](C)[C@H](O)[C@@H](C)C(=O)C(C)(C)[C@@H](O)CC(=O)O1. The van der Waals surface area contributed by atoms with Gasteiger partial charge in [0.1, 0.15) is 11.9 Å². The van der Waals surface area contributed by atoms with Crippen molar-refractivity contribution in [2.45, 2.75) is 104 Å². The molecule has 0 amide bonds. The topological polar surface area (TPSA) is 117 Å². The van der Waals surface area contributed by atoms with Gasteiger partial charge >= 0.3 is 5.97 Å². The number of ether oxygens (including phenoxy) is 1. The van der Waals surface area contributed by atoms with Crippen molar-refractivity contribution >= 4 is 29.2 Å². The fourth-order valence-corrected chi connectivity index (χ4v) is 5.07. The summed E-state index contributed by atoms with van der Waals surface area (Å²) in [5.74, 6) is -1.68. The van der Waals surface area contributed by atoms with Crippen LogP contribution in [0.25, 0.3) is 6.08 Å². The molecule has 7 nitrogen and oxygen atoms in total. The Morgan fingerprint density at radius 3 is 2.44 bits per heavy atom. The molecule has 0 spiro atoms. The van der Waals surface area contributed by atoms with Crippen molar-refractivity contribution in [3.63, 3.8) is 0 Å². The van der Waals surface area contributed by atoms with Crippen LogP contribution in [0, 0.1) is 24.2 Å². The van der Waals surface area contributed by atoms with Crippen LogP contribution < -0.4 is 0 Å². The van der Waals surface area contributed by atoms with Gasteiger partial charge in [0.15, 0.2) is 0 Å². The van der Waals surface area contributed by atoms with E-state index in [1.165, 1.54) is 11.3 Å². The van der Waals surface area contributed by atoms with Crippen LogP contribution in [-0.4, -0.2) is 56.5 Å².